The third-order valence-corrected chi connectivity index (χ3v) is 1.03. The maximum atomic E-state index is 10.6. The van der Waals surface area contributed by atoms with Gasteiger partial charge >= 0.3 is 5.97 Å². The second-order valence-corrected chi connectivity index (χ2v) is 2.99. The summed E-state index contributed by atoms with van der Waals surface area (Å²) in [6.07, 6.45) is 2.89. The number of carboxylic acid groups (broad SMARTS) is 1. The number of carboxylic acids is 1. The van der Waals surface area contributed by atoms with Gasteiger partial charge in [0.15, 0.2) is 5.70 Å². The third kappa shape index (κ3) is 5.72. The van der Waals surface area contributed by atoms with Gasteiger partial charge in [-0.3, -0.25) is 0 Å². The molecule has 0 aromatic carbocycles. The average Bonchev–Trinajstić information content (AvgIpc) is 1.96. The van der Waals surface area contributed by atoms with Crippen molar-refractivity contribution in [1.82, 2.24) is 9.80 Å². The minimum absolute atomic E-state index is 0.0127. The fraction of sp³-hybridized carbons (Fsp3) is 0.500. The minimum Gasteiger partial charge on any atom is -0.476 e. The summed E-state index contributed by atoms with van der Waals surface area (Å²) in [6, 6.07) is 0. The molecule has 0 bridgehead atoms. The molecular formula is C8H15N3O2. The molecule has 1 N–H and O–H groups in total. The van der Waals surface area contributed by atoms with E-state index in [-0.39, 0.29) is 5.70 Å². The lowest BCUT2D eigenvalue weighted by atomic mass is 10.5. The second-order valence-electron chi connectivity index (χ2n) is 2.99. The van der Waals surface area contributed by atoms with Crippen LogP contribution in [-0.4, -0.2) is 55.4 Å². The number of aliphatic imine (C=N–C) groups is 1. The van der Waals surface area contributed by atoms with E-state index in [9.17, 15) is 4.79 Å². The summed E-state index contributed by atoms with van der Waals surface area (Å²) in [7, 11) is 7.04. The van der Waals surface area contributed by atoms with Gasteiger partial charge in [-0.25, -0.2) is 9.79 Å². The van der Waals surface area contributed by atoms with Crippen molar-refractivity contribution < 1.29 is 9.90 Å². The van der Waals surface area contributed by atoms with E-state index in [1.54, 1.807) is 38.0 Å². The molecule has 5 heteroatoms. The number of aliphatic carboxylic acids is 1. The van der Waals surface area contributed by atoms with E-state index >= 15 is 0 Å². The number of carbonyl (C=O) groups is 1. The molecule has 0 atom stereocenters. The number of hydrogen-bond donors (Lipinski definition) is 1. The van der Waals surface area contributed by atoms with Gasteiger partial charge in [-0.05, 0) is 0 Å². The molecular weight excluding hydrogens is 170 g/mol. The lowest BCUT2D eigenvalue weighted by Crippen LogP contribution is -2.11. The molecule has 0 rings (SSSR count). The van der Waals surface area contributed by atoms with Crippen molar-refractivity contribution >= 4 is 12.3 Å². The Kier molecular flexibility index (Phi) is 4.58. The van der Waals surface area contributed by atoms with Crippen molar-refractivity contribution in [3.05, 3.63) is 11.9 Å². The number of hydrogen-bond acceptors (Lipinski definition) is 3. The van der Waals surface area contributed by atoms with Crippen molar-refractivity contribution in [2.24, 2.45) is 4.99 Å². The summed E-state index contributed by atoms with van der Waals surface area (Å²) in [5, 5.41) is 8.71. The monoisotopic (exact) mass is 185 g/mol. The van der Waals surface area contributed by atoms with Crippen LogP contribution in [-0.2, 0) is 4.79 Å². The van der Waals surface area contributed by atoms with Gasteiger partial charge in [0.2, 0.25) is 0 Å². The van der Waals surface area contributed by atoms with E-state index in [2.05, 4.69) is 4.99 Å². The van der Waals surface area contributed by atoms with Crippen molar-refractivity contribution in [3.63, 3.8) is 0 Å². The second kappa shape index (κ2) is 5.18. The summed E-state index contributed by atoms with van der Waals surface area (Å²) in [4.78, 5) is 17.7. The third-order valence-electron chi connectivity index (χ3n) is 1.03. The van der Waals surface area contributed by atoms with Crippen molar-refractivity contribution in [2.75, 3.05) is 28.2 Å². The first kappa shape index (κ1) is 11.5. The normalized spacial score (nSPS) is 11.8. The fourth-order valence-electron chi connectivity index (χ4n) is 0.566. The molecule has 0 unspecified atom stereocenters. The predicted molar refractivity (Wildman–Crippen MR) is 51.6 cm³/mol. The molecule has 13 heavy (non-hydrogen) atoms. The average molecular weight is 185 g/mol. The lowest BCUT2D eigenvalue weighted by molar-refractivity contribution is -0.132. The van der Waals surface area contributed by atoms with Crippen LogP contribution < -0.4 is 0 Å². The Balaban J connectivity index is 4.54. The van der Waals surface area contributed by atoms with Crippen LogP contribution in [0.15, 0.2) is 16.9 Å². The lowest BCUT2D eigenvalue weighted by Gasteiger charge is -2.06. The predicted octanol–water partition coefficient (Wildman–Crippen LogP) is 0.0639. The Bertz CT molecular complexity index is 232. The molecule has 74 valence electrons. The topological polar surface area (TPSA) is 56.1 Å². The largest absolute Gasteiger partial charge is 0.476 e. The smallest absolute Gasteiger partial charge is 0.356 e. The van der Waals surface area contributed by atoms with Gasteiger partial charge in [0.25, 0.3) is 0 Å². The molecule has 0 aromatic rings. The van der Waals surface area contributed by atoms with E-state index in [0.717, 1.165) is 0 Å². The van der Waals surface area contributed by atoms with Crippen molar-refractivity contribution in [3.8, 4) is 0 Å². The van der Waals surface area contributed by atoms with Gasteiger partial charge in [0.1, 0.15) is 0 Å². The zero-order valence-electron chi connectivity index (χ0n) is 8.35. The maximum Gasteiger partial charge on any atom is 0.356 e. The standard InChI is InChI=1S/C8H15N3O2/c1-10(2)5-7(8(12)13)9-6-11(3)4/h5-6H,1-4H3,(H,12,13). The Hall–Kier alpha value is -1.52. The molecule has 0 aliphatic heterocycles. The van der Waals surface area contributed by atoms with Crippen LogP contribution in [0.4, 0.5) is 0 Å². The Morgan fingerprint density at radius 3 is 2.08 bits per heavy atom. The molecule has 0 aliphatic rings. The summed E-state index contributed by atoms with van der Waals surface area (Å²) < 4.78 is 0. The number of nitrogens with zero attached hydrogens (tertiary/aromatic N) is 3. The van der Waals surface area contributed by atoms with Crippen LogP contribution in [0.1, 0.15) is 0 Å². The van der Waals surface area contributed by atoms with Crippen LogP contribution >= 0.6 is 0 Å². The molecule has 0 aliphatic carbocycles. The van der Waals surface area contributed by atoms with Gasteiger partial charge in [-0.1, -0.05) is 0 Å². The van der Waals surface area contributed by atoms with E-state index in [0.29, 0.717) is 0 Å². The molecule has 5 nitrogen and oxygen atoms in total. The van der Waals surface area contributed by atoms with Crippen LogP contribution in [0.5, 0.6) is 0 Å². The minimum atomic E-state index is -1.04. The van der Waals surface area contributed by atoms with Gasteiger partial charge < -0.3 is 14.9 Å². The van der Waals surface area contributed by atoms with Gasteiger partial charge in [-0.2, -0.15) is 0 Å². The molecule has 0 amide bonds. The first-order valence-corrected chi connectivity index (χ1v) is 3.75. The van der Waals surface area contributed by atoms with E-state index in [1.807, 2.05) is 0 Å². The first-order chi connectivity index (χ1) is 5.93. The van der Waals surface area contributed by atoms with Crippen LogP contribution in [0.25, 0.3) is 0 Å². The van der Waals surface area contributed by atoms with Crippen LogP contribution in [0.2, 0.25) is 0 Å². The van der Waals surface area contributed by atoms with Crippen molar-refractivity contribution in [1.29, 1.82) is 0 Å². The van der Waals surface area contributed by atoms with Crippen LogP contribution in [0.3, 0.4) is 0 Å². The fourth-order valence-corrected chi connectivity index (χ4v) is 0.566. The molecule has 0 saturated carbocycles. The summed E-state index contributed by atoms with van der Waals surface area (Å²) in [5.74, 6) is -1.04. The summed E-state index contributed by atoms with van der Waals surface area (Å²) >= 11 is 0. The number of rotatable bonds is 4. The Labute approximate surface area is 78.0 Å². The SMILES string of the molecule is CN(C)C=NC(=CN(C)C)C(=O)O. The molecule has 0 radical (unpaired) electrons. The summed E-state index contributed by atoms with van der Waals surface area (Å²) in [5.41, 5.74) is 0.0127. The first-order valence-electron chi connectivity index (χ1n) is 3.75. The van der Waals surface area contributed by atoms with Gasteiger partial charge in [0, 0.05) is 34.4 Å². The molecule has 0 fully saturated rings. The summed E-state index contributed by atoms with van der Waals surface area (Å²) in [6.45, 7) is 0. The highest BCUT2D eigenvalue weighted by atomic mass is 16.4. The maximum absolute atomic E-state index is 10.6. The van der Waals surface area contributed by atoms with E-state index in [1.165, 1.54) is 12.5 Å². The van der Waals surface area contributed by atoms with E-state index in [4.69, 9.17) is 5.11 Å². The Morgan fingerprint density at radius 1 is 1.23 bits per heavy atom. The quantitative estimate of drug-likeness (QED) is 0.382. The zero-order chi connectivity index (χ0) is 10.4. The Morgan fingerprint density at radius 2 is 1.77 bits per heavy atom. The van der Waals surface area contributed by atoms with Crippen LogP contribution in [0, 0.1) is 0 Å². The van der Waals surface area contributed by atoms with E-state index < -0.39 is 5.97 Å². The molecule has 0 heterocycles. The van der Waals surface area contributed by atoms with Gasteiger partial charge in [-0.15, -0.1) is 0 Å². The molecule has 0 aromatic heterocycles. The molecule has 0 saturated heterocycles. The highest BCUT2D eigenvalue weighted by molar-refractivity contribution is 5.87. The molecule has 0 spiro atoms. The zero-order valence-corrected chi connectivity index (χ0v) is 8.35. The van der Waals surface area contributed by atoms with Gasteiger partial charge in [0.05, 0.1) is 6.34 Å². The van der Waals surface area contributed by atoms with Crippen molar-refractivity contribution in [2.45, 2.75) is 0 Å². The highest BCUT2D eigenvalue weighted by Crippen LogP contribution is 1.97. The highest BCUT2D eigenvalue weighted by Gasteiger charge is 2.04.